The fourth-order valence-corrected chi connectivity index (χ4v) is 4.15. The highest BCUT2D eigenvalue weighted by Crippen LogP contribution is 2.12. The number of hydrogen-bond acceptors (Lipinski definition) is 1. The summed E-state index contributed by atoms with van der Waals surface area (Å²) in [6.07, 6.45) is 0. The first-order valence-electron chi connectivity index (χ1n) is 8.35. The van der Waals surface area contributed by atoms with Crippen LogP contribution in [0.4, 0.5) is 0 Å². The zero-order chi connectivity index (χ0) is 14.8. The molecule has 0 aliphatic heterocycles. The molecule has 0 N–H and O–H groups in total. The Morgan fingerprint density at radius 1 is 0.526 bits per heavy atom. The van der Waals surface area contributed by atoms with E-state index in [4.69, 9.17) is 0 Å². The van der Waals surface area contributed by atoms with E-state index >= 15 is 0 Å². The number of rotatable bonds is 12. The lowest BCUT2D eigenvalue weighted by Gasteiger charge is -2.37. The topological polar surface area (TPSA) is 0 Å². The summed E-state index contributed by atoms with van der Waals surface area (Å²) in [5.74, 6) is 2.65. The van der Waals surface area contributed by atoms with E-state index in [0.29, 0.717) is 0 Å². The maximum atomic E-state index is 2.34. The third-order valence-corrected chi connectivity index (χ3v) is 6.39. The second kappa shape index (κ2) is 10.1. The molecule has 0 aromatic carbocycles. The highest BCUT2D eigenvalue weighted by molar-refractivity contribution is 7.99. The van der Waals surface area contributed by atoms with Gasteiger partial charge >= 0.3 is 0 Å². The maximum absolute atomic E-state index is 2.34. The van der Waals surface area contributed by atoms with Gasteiger partial charge in [-0.25, -0.2) is 0 Å². The lowest BCUT2D eigenvalue weighted by atomic mass is 10.3. The Morgan fingerprint density at radius 3 is 1.00 bits per heavy atom. The van der Waals surface area contributed by atoms with Crippen LogP contribution in [-0.2, 0) is 0 Å². The minimum Gasteiger partial charge on any atom is -0.324 e. The standard InChI is InChI=1S/C16H38N2S/c1-7-17(8-2,9-3)13-15-19-16-14-18(10-4,11-5)12-6/h7-16H2,1-6H3/q+2. The van der Waals surface area contributed by atoms with Gasteiger partial charge in [0.2, 0.25) is 0 Å². The first-order valence-corrected chi connectivity index (χ1v) is 9.50. The Bertz CT molecular complexity index is 172. The monoisotopic (exact) mass is 290 g/mol. The third-order valence-electron chi connectivity index (χ3n) is 5.44. The molecule has 0 atom stereocenters. The van der Waals surface area contributed by atoms with E-state index in [0.717, 1.165) is 0 Å². The summed E-state index contributed by atoms with van der Waals surface area (Å²) in [5, 5.41) is 0. The van der Waals surface area contributed by atoms with Crippen LogP contribution in [0.5, 0.6) is 0 Å². The average Bonchev–Trinajstić information content (AvgIpc) is 2.48. The highest BCUT2D eigenvalue weighted by atomic mass is 32.2. The van der Waals surface area contributed by atoms with Gasteiger partial charge in [0.05, 0.1) is 52.4 Å². The maximum Gasteiger partial charge on any atom is 0.0878 e. The van der Waals surface area contributed by atoms with Gasteiger partial charge in [-0.05, 0) is 41.5 Å². The molecule has 0 spiro atoms. The summed E-state index contributed by atoms with van der Waals surface area (Å²) in [5.41, 5.74) is 0. The minimum atomic E-state index is 1.28. The normalized spacial score (nSPS) is 12.9. The van der Waals surface area contributed by atoms with Gasteiger partial charge < -0.3 is 8.97 Å². The van der Waals surface area contributed by atoms with Crippen LogP contribution in [0.1, 0.15) is 41.5 Å². The van der Waals surface area contributed by atoms with Gasteiger partial charge in [0, 0.05) is 11.5 Å². The molecular weight excluding hydrogens is 252 g/mol. The first kappa shape index (κ1) is 19.3. The molecule has 0 heterocycles. The van der Waals surface area contributed by atoms with Crippen LogP contribution < -0.4 is 0 Å². The molecule has 0 saturated heterocycles. The van der Waals surface area contributed by atoms with Crippen LogP contribution in [0.25, 0.3) is 0 Å². The predicted octanol–water partition coefficient (Wildman–Crippen LogP) is 3.47. The Labute approximate surface area is 126 Å². The summed E-state index contributed by atoms with van der Waals surface area (Å²) < 4.78 is 2.59. The van der Waals surface area contributed by atoms with Crippen molar-refractivity contribution in [1.29, 1.82) is 0 Å². The largest absolute Gasteiger partial charge is 0.324 e. The molecule has 0 rings (SSSR count). The Morgan fingerprint density at radius 2 is 0.789 bits per heavy atom. The molecule has 2 nitrogen and oxygen atoms in total. The quantitative estimate of drug-likeness (QED) is 0.392. The molecule has 0 aromatic rings. The Hall–Kier alpha value is 0.270. The van der Waals surface area contributed by atoms with E-state index < -0.39 is 0 Å². The van der Waals surface area contributed by atoms with Crippen molar-refractivity contribution in [2.24, 2.45) is 0 Å². The van der Waals surface area contributed by atoms with Gasteiger partial charge in [-0.1, -0.05) is 0 Å². The SMILES string of the molecule is CC[N+](CC)(CC)CCSCC[N+](CC)(CC)CC. The van der Waals surface area contributed by atoms with E-state index in [1.807, 2.05) is 0 Å². The molecule has 0 radical (unpaired) electrons. The smallest absolute Gasteiger partial charge is 0.0878 e. The number of quaternary nitrogens is 2. The number of thioether (sulfide) groups is 1. The van der Waals surface area contributed by atoms with E-state index in [-0.39, 0.29) is 0 Å². The van der Waals surface area contributed by atoms with Crippen LogP contribution in [-0.4, -0.2) is 72.8 Å². The minimum absolute atomic E-state index is 1.28. The molecule has 0 aliphatic rings. The molecule has 0 amide bonds. The zero-order valence-electron chi connectivity index (χ0n) is 14.4. The lowest BCUT2D eigenvalue weighted by molar-refractivity contribution is -0.921. The van der Waals surface area contributed by atoms with E-state index in [1.54, 1.807) is 0 Å². The van der Waals surface area contributed by atoms with Crippen LogP contribution in [0, 0.1) is 0 Å². The van der Waals surface area contributed by atoms with Crippen LogP contribution >= 0.6 is 11.8 Å². The molecule has 0 aromatic heterocycles. The van der Waals surface area contributed by atoms with Crippen molar-refractivity contribution in [1.82, 2.24) is 0 Å². The van der Waals surface area contributed by atoms with Crippen molar-refractivity contribution in [2.75, 3.05) is 63.9 Å². The fourth-order valence-electron chi connectivity index (χ4n) is 2.91. The average molecular weight is 291 g/mol. The van der Waals surface area contributed by atoms with E-state index in [9.17, 15) is 0 Å². The number of hydrogen-bond donors (Lipinski definition) is 0. The highest BCUT2D eigenvalue weighted by Gasteiger charge is 2.22. The van der Waals surface area contributed by atoms with Gasteiger partial charge in [-0.3, -0.25) is 0 Å². The van der Waals surface area contributed by atoms with E-state index in [1.165, 1.54) is 72.8 Å². The van der Waals surface area contributed by atoms with Crippen molar-refractivity contribution in [3.63, 3.8) is 0 Å². The molecular formula is C16H38N2S+2. The van der Waals surface area contributed by atoms with Crippen molar-refractivity contribution in [2.45, 2.75) is 41.5 Å². The van der Waals surface area contributed by atoms with Gasteiger partial charge in [0.15, 0.2) is 0 Å². The first-order chi connectivity index (χ1) is 9.07. The van der Waals surface area contributed by atoms with Gasteiger partial charge in [0.25, 0.3) is 0 Å². The summed E-state index contributed by atoms with van der Waals surface area (Å²) in [6.45, 7) is 24.4. The van der Waals surface area contributed by atoms with Gasteiger partial charge in [-0.2, -0.15) is 11.8 Å². The van der Waals surface area contributed by atoms with Crippen molar-refractivity contribution >= 4 is 11.8 Å². The molecule has 116 valence electrons. The van der Waals surface area contributed by atoms with Crippen LogP contribution in [0.3, 0.4) is 0 Å². The fraction of sp³-hybridized carbons (Fsp3) is 1.00. The predicted molar refractivity (Wildman–Crippen MR) is 90.8 cm³/mol. The van der Waals surface area contributed by atoms with E-state index in [2.05, 4.69) is 53.3 Å². The number of nitrogens with zero attached hydrogens (tertiary/aromatic N) is 2. The molecule has 3 heteroatoms. The molecule has 0 saturated carbocycles. The molecule has 0 unspecified atom stereocenters. The van der Waals surface area contributed by atoms with Crippen molar-refractivity contribution in [3.05, 3.63) is 0 Å². The summed E-state index contributed by atoms with van der Waals surface area (Å²) in [6, 6.07) is 0. The lowest BCUT2D eigenvalue weighted by Crippen LogP contribution is -2.50. The summed E-state index contributed by atoms with van der Waals surface area (Å²) in [4.78, 5) is 0. The summed E-state index contributed by atoms with van der Waals surface area (Å²) >= 11 is 2.17. The van der Waals surface area contributed by atoms with Crippen molar-refractivity contribution < 1.29 is 8.97 Å². The molecule has 0 bridgehead atoms. The molecule has 0 fully saturated rings. The second-order valence-corrected chi connectivity index (χ2v) is 6.86. The third kappa shape index (κ3) is 6.05. The van der Waals surface area contributed by atoms with Crippen molar-refractivity contribution in [3.8, 4) is 0 Å². The van der Waals surface area contributed by atoms with Crippen LogP contribution in [0.2, 0.25) is 0 Å². The summed E-state index contributed by atoms with van der Waals surface area (Å²) in [7, 11) is 0. The van der Waals surface area contributed by atoms with Crippen LogP contribution in [0.15, 0.2) is 0 Å². The molecule has 0 aliphatic carbocycles. The van der Waals surface area contributed by atoms with Gasteiger partial charge in [0.1, 0.15) is 0 Å². The van der Waals surface area contributed by atoms with Gasteiger partial charge in [-0.15, -0.1) is 0 Å². The Kier molecular flexibility index (Phi) is 10.2. The molecule has 19 heavy (non-hydrogen) atoms. The Balaban J connectivity index is 3.98. The second-order valence-electron chi connectivity index (χ2n) is 5.64. The zero-order valence-corrected chi connectivity index (χ0v) is 15.2.